The molecule has 1 aromatic rings. The van der Waals surface area contributed by atoms with Crippen molar-refractivity contribution in [2.45, 2.75) is 19.4 Å². The number of ether oxygens (including phenoxy) is 1. The number of nitrogens with zero attached hydrogens (tertiary/aromatic N) is 1. The van der Waals surface area contributed by atoms with Crippen LogP contribution in [0.1, 0.15) is 12.5 Å². The Morgan fingerprint density at radius 1 is 1.39 bits per heavy atom. The Hall–Kier alpha value is -1.26. The van der Waals surface area contributed by atoms with Crippen LogP contribution in [-0.4, -0.2) is 44.0 Å². The van der Waals surface area contributed by atoms with Crippen LogP contribution in [0.15, 0.2) is 24.3 Å². The molecule has 3 nitrogen and oxygen atoms in total. The quantitative estimate of drug-likeness (QED) is 0.743. The zero-order valence-corrected chi connectivity index (χ0v) is 11.1. The van der Waals surface area contributed by atoms with Gasteiger partial charge < -0.3 is 4.74 Å². The Morgan fingerprint density at radius 3 is 2.56 bits per heavy atom. The van der Waals surface area contributed by atoms with E-state index in [-0.39, 0.29) is 17.6 Å². The molecule has 0 aliphatic rings. The van der Waals surface area contributed by atoms with Gasteiger partial charge in [-0.05, 0) is 31.7 Å². The van der Waals surface area contributed by atoms with Crippen molar-refractivity contribution in [1.29, 1.82) is 0 Å². The summed E-state index contributed by atoms with van der Waals surface area (Å²) in [6.45, 7) is 2.98. The number of carbonyl (C=O) groups excluding carboxylic acids is 1. The highest BCUT2D eigenvalue weighted by Crippen LogP contribution is 2.05. The number of carbonyl (C=O) groups is 1. The van der Waals surface area contributed by atoms with Crippen LogP contribution in [0.4, 0.5) is 4.39 Å². The maximum Gasteiger partial charge on any atom is 0.151 e. The number of halogens is 1. The number of rotatable bonds is 7. The molecule has 0 saturated carbocycles. The molecule has 0 aliphatic carbocycles. The summed E-state index contributed by atoms with van der Waals surface area (Å²) in [6, 6.07) is 6.24. The van der Waals surface area contributed by atoms with Gasteiger partial charge in [-0.25, -0.2) is 4.39 Å². The van der Waals surface area contributed by atoms with Gasteiger partial charge in [-0.1, -0.05) is 12.1 Å². The van der Waals surface area contributed by atoms with Crippen LogP contribution in [0.25, 0.3) is 0 Å². The maximum absolute atomic E-state index is 12.7. The Bertz CT molecular complexity index is 378. The summed E-state index contributed by atoms with van der Waals surface area (Å²) in [7, 11) is 3.54. The number of Topliss-reactive ketones (excluding diaryl/α,β-unsaturated/α-hetero) is 1. The lowest BCUT2D eigenvalue weighted by Crippen LogP contribution is -2.37. The fourth-order valence-electron chi connectivity index (χ4n) is 1.69. The van der Waals surface area contributed by atoms with E-state index in [0.29, 0.717) is 19.6 Å². The van der Waals surface area contributed by atoms with Gasteiger partial charge in [0.2, 0.25) is 0 Å². The first kappa shape index (κ1) is 14.8. The predicted octanol–water partition coefficient (Wildman–Crippen LogP) is 1.90. The van der Waals surface area contributed by atoms with Crippen molar-refractivity contribution in [2.24, 2.45) is 0 Å². The van der Waals surface area contributed by atoms with Crippen LogP contribution in [0, 0.1) is 5.82 Å². The van der Waals surface area contributed by atoms with Crippen molar-refractivity contribution in [1.82, 2.24) is 4.90 Å². The molecule has 1 unspecified atom stereocenters. The smallest absolute Gasteiger partial charge is 0.151 e. The number of ketones is 1. The first-order chi connectivity index (χ1) is 8.52. The number of benzene rings is 1. The standard InChI is InChI=1S/C14H20FNO2/c1-11(10-18-3)16(2)9-14(17)8-12-4-6-13(15)7-5-12/h4-7,11H,8-10H2,1-3H3. The van der Waals surface area contributed by atoms with Crippen LogP contribution in [0.5, 0.6) is 0 Å². The number of methoxy groups -OCH3 is 1. The molecule has 0 aliphatic heterocycles. The average Bonchev–Trinajstić information content (AvgIpc) is 2.32. The third-order valence-electron chi connectivity index (χ3n) is 2.90. The second kappa shape index (κ2) is 7.24. The largest absolute Gasteiger partial charge is 0.383 e. The van der Waals surface area contributed by atoms with E-state index in [2.05, 4.69) is 0 Å². The van der Waals surface area contributed by atoms with Gasteiger partial charge in [0.1, 0.15) is 5.82 Å². The normalized spacial score (nSPS) is 12.7. The molecule has 0 bridgehead atoms. The van der Waals surface area contributed by atoms with Crippen LogP contribution in [0.3, 0.4) is 0 Å². The molecule has 0 amide bonds. The van der Waals surface area contributed by atoms with Crippen LogP contribution < -0.4 is 0 Å². The van der Waals surface area contributed by atoms with Crippen molar-refractivity contribution >= 4 is 5.78 Å². The summed E-state index contributed by atoms with van der Waals surface area (Å²) >= 11 is 0. The van der Waals surface area contributed by atoms with Crippen LogP contribution >= 0.6 is 0 Å². The molecular weight excluding hydrogens is 233 g/mol. The molecule has 4 heteroatoms. The molecule has 0 aromatic heterocycles. The second-order valence-electron chi connectivity index (χ2n) is 4.56. The highest BCUT2D eigenvalue weighted by Gasteiger charge is 2.13. The first-order valence-electron chi connectivity index (χ1n) is 5.98. The molecule has 0 N–H and O–H groups in total. The minimum Gasteiger partial charge on any atom is -0.383 e. The van der Waals surface area contributed by atoms with Gasteiger partial charge in [0, 0.05) is 19.6 Å². The van der Waals surface area contributed by atoms with Crippen LogP contribution in [-0.2, 0) is 16.0 Å². The van der Waals surface area contributed by atoms with Crippen LogP contribution in [0.2, 0.25) is 0 Å². The predicted molar refractivity (Wildman–Crippen MR) is 69.1 cm³/mol. The van der Waals surface area contributed by atoms with E-state index in [0.717, 1.165) is 5.56 Å². The molecule has 18 heavy (non-hydrogen) atoms. The van der Waals surface area contributed by atoms with Crippen molar-refractivity contribution in [3.63, 3.8) is 0 Å². The summed E-state index contributed by atoms with van der Waals surface area (Å²) in [4.78, 5) is 13.8. The number of hydrogen-bond donors (Lipinski definition) is 0. The van der Waals surface area contributed by atoms with Crippen molar-refractivity contribution in [2.75, 3.05) is 27.3 Å². The fraction of sp³-hybridized carbons (Fsp3) is 0.500. The summed E-state index contributed by atoms with van der Waals surface area (Å²) in [5, 5.41) is 0. The summed E-state index contributed by atoms with van der Waals surface area (Å²) < 4.78 is 17.8. The Balaban J connectivity index is 2.44. The van der Waals surface area contributed by atoms with Gasteiger partial charge in [-0.2, -0.15) is 0 Å². The van der Waals surface area contributed by atoms with Crippen molar-refractivity contribution < 1.29 is 13.9 Å². The van der Waals surface area contributed by atoms with E-state index in [1.807, 2.05) is 18.9 Å². The van der Waals surface area contributed by atoms with E-state index >= 15 is 0 Å². The summed E-state index contributed by atoms with van der Waals surface area (Å²) in [5.41, 5.74) is 0.842. The van der Waals surface area contributed by atoms with Crippen molar-refractivity contribution in [3.8, 4) is 0 Å². The van der Waals surface area contributed by atoms with Gasteiger partial charge in [0.15, 0.2) is 5.78 Å². The summed E-state index contributed by atoms with van der Waals surface area (Å²) in [6.07, 6.45) is 0.338. The minimum atomic E-state index is -0.281. The first-order valence-corrected chi connectivity index (χ1v) is 5.98. The molecule has 0 fully saturated rings. The van der Waals surface area contributed by atoms with E-state index < -0.39 is 0 Å². The van der Waals surface area contributed by atoms with Gasteiger partial charge in [0.25, 0.3) is 0 Å². The Morgan fingerprint density at radius 2 is 2.00 bits per heavy atom. The zero-order valence-electron chi connectivity index (χ0n) is 11.1. The molecule has 0 spiro atoms. The highest BCUT2D eigenvalue weighted by molar-refractivity contribution is 5.82. The van der Waals surface area contributed by atoms with E-state index in [9.17, 15) is 9.18 Å². The van der Waals surface area contributed by atoms with E-state index in [4.69, 9.17) is 4.74 Å². The SMILES string of the molecule is COCC(C)N(C)CC(=O)Cc1ccc(F)cc1. The number of likely N-dealkylation sites (N-methyl/N-ethyl adjacent to an activating group) is 1. The maximum atomic E-state index is 12.7. The summed E-state index contributed by atoms with van der Waals surface area (Å²) in [5.74, 6) is -0.163. The molecule has 0 heterocycles. The Kier molecular flexibility index (Phi) is 5.95. The lowest BCUT2D eigenvalue weighted by Gasteiger charge is -2.23. The van der Waals surface area contributed by atoms with E-state index in [1.165, 1.54) is 12.1 Å². The van der Waals surface area contributed by atoms with Gasteiger partial charge in [-0.15, -0.1) is 0 Å². The van der Waals surface area contributed by atoms with Crippen molar-refractivity contribution in [3.05, 3.63) is 35.6 Å². The molecular formula is C14H20FNO2. The third-order valence-corrected chi connectivity index (χ3v) is 2.90. The zero-order chi connectivity index (χ0) is 13.5. The number of hydrogen-bond acceptors (Lipinski definition) is 3. The fourth-order valence-corrected chi connectivity index (χ4v) is 1.69. The third kappa shape index (κ3) is 4.94. The van der Waals surface area contributed by atoms with Gasteiger partial charge in [-0.3, -0.25) is 9.69 Å². The lowest BCUT2D eigenvalue weighted by atomic mass is 10.1. The van der Waals surface area contributed by atoms with Gasteiger partial charge >= 0.3 is 0 Å². The molecule has 100 valence electrons. The molecule has 1 aromatic carbocycles. The molecule has 1 rings (SSSR count). The minimum absolute atomic E-state index is 0.118. The monoisotopic (exact) mass is 253 g/mol. The molecule has 0 radical (unpaired) electrons. The second-order valence-corrected chi connectivity index (χ2v) is 4.56. The van der Waals surface area contributed by atoms with Gasteiger partial charge in [0.05, 0.1) is 13.2 Å². The average molecular weight is 253 g/mol. The Labute approximate surface area is 108 Å². The molecule has 1 atom stereocenters. The topological polar surface area (TPSA) is 29.5 Å². The highest BCUT2D eigenvalue weighted by atomic mass is 19.1. The lowest BCUT2D eigenvalue weighted by molar-refractivity contribution is -0.119. The van der Waals surface area contributed by atoms with E-state index in [1.54, 1.807) is 19.2 Å². The molecule has 0 saturated heterocycles.